The van der Waals surface area contributed by atoms with Crippen molar-refractivity contribution in [1.82, 2.24) is 4.90 Å². The molecule has 2 unspecified atom stereocenters. The van der Waals surface area contributed by atoms with Gasteiger partial charge in [-0.1, -0.05) is 0 Å². The number of benzene rings is 1. The molecule has 110 valence electrons. The van der Waals surface area contributed by atoms with Gasteiger partial charge in [0.15, 0.2) is 0 Å². The molecule has 0 bridgehead atoms. The van der Waals surface area contributed by atoms with E-state index in [0.717, 1.165) is 31.0 Å². The first kappa shape index (κ1) is 14.9. The van der Waals surface area contributed by atoms with Gasteiger partial charge in [0.05, 0.1) is 0 Å². The number of piperidine rings is 1. The van der Waals surface area contributed by atoms with Crippen LogP contribution in [0.2, 0.25) is 0 Å². The third-order valence-electron chi connectivity index (χ3n) is 4.28. The summed E-state index contributed by atoms with van der Waals surface area (Å²) in [5.41, 5.74) is -0.824. The van der Waals surface area contributed by atoms with E-state index in [0.29, 0.717) is 13.0 Å². The molecule has 1 N–H and O–H groups in total. The number of hydrogen-bond donors (Lipinski definition) is 1. The largest absolute Gasteiger partial charge is 0.480 e. The van der Waals surface area contributed by atoms with E-state index in [4.69, 9.17) is 0 Å². The molecule has 20 heavy (non-hydrogen) atoms. The Kier molecular flexibility index (Phi) is 4.09. The Labute approximate surface area is 117 Å². The maximum Gasteiger partial charge on any atom is 0.323 e. The van der Waals surface area contributed by atoms with E-state index < -0.39 is 29.2 Å². The highest BCUT2D eigenvalue weighted by atomic mass is 19.1. The van der Waals surface area contributed by atoms with Gasteiger partial charge < -0.3 is 5.11 Å². The van der Waals surface area contributed by atoms with Crippen LogP contribution in [-0.2, 0) is 4.79 Å². The monoisotopic (exact) mass is 283 g/mol. The molecule has 0 aliphatic carbocycles. The van der Waals surface area contributed by atoms with Gasteiger partial charge in [-0.25, -0.2) is 8.78 Å². The second-order valence-electron chi connectivity index (χ2n) is 5.57. The van der Waals surface area contributed by atoms with Crippen molar-refractivity contribution in [1.29, 1.82) is 0 Å². The van der Waals surface area contributed by atoms with Crippen LogP contribution in [0, 0.1) is 11.6 Å². The van der Waals surface area contributed by atoms with Crippen molar-refractivity contribution in [3.8, 4) is 0 Å². The molecular formula is C15H19F2NO2. The van der Waals surface area contributed by atoms with E-state index >= 15 is 0 Å². The van der Waals surface area contributed by atoms with Gasteiger partial charge in [-0.15, -0.1) is 0 Å². The molecule has 1 fully saturated rings. The van der Waals surface area contributed by atoms with Crippen LogP contribution in [0.5, 0.6) is 0 Å². The van der Waals surface area contributed by atoms with Crippen LogP contribution in [-0.4, -0.2) is 28.1 Å². The number of aliphatic carboxylic acids is 1. The minimum atomic E-state index is -1.03. The SMILES string of the molecule is CC(c1cc(F)ccc1F)N1CCCCC1(C)C(=O)O. The van der Waals surface area contributed by atoms with Crippen LogP contribution in [0.4, 0.5) is 8.78 Å². The highest BCUT2D eigenvalue weighted by Crippen LogP contribution is 2.36. The van der Waals surface area contributed by atoms with Crippen molar-refractivity contribution in [2.75, 3.05) is 6.54 Å². The second kappa shape index (κ2) is 5.48. The van der Waals surface area contributed by atoms with E-state index in [-0.39, 0.29) is 5.56 Å². The molecule has 3 nitrogen and oxygen atoms in total. The van der Waals surface area contributed by atoms with Crippen molar-refractivity contribution >= 4 is 5.97 Å². The summed E-state index contributed by atoms with van der Waals surface area (Å²) in [6.45, 7) is 3.95. The van der Waals surface area contributed by atoms with Gasteiger partial charge in [-0.2, -0.15) is 0 Å². The summed E-state index contributed by atoms with van der Waals surface area (Å²) in [4.78, 5) is 13.3. The average molecular weight is 283 g/mol. The molecule has 5 heteroatoms. The van der Waals surface area contributed by atoms with Crippen molar-refractivity contribution in [3.05, 3.63) is 35.4 Å². The first-order chi connectivity index (χ1) is 9.36. The Morgan fingerprint density at radius 2 is 2.10 bits per heavy atom. The van der Waals surface area contributed by atoms with Crippen LogP contribution in [0.25, 0.3) is 0 Å². The molecular weight excluding hydrogens is 264 g/mol. The number of carboxylic acid groups (broad SMARTS) is 1. The summed E-state index contributed by atoms with van der Waals surface area (Å²) in [7, 11) is 0. The summed E-state index contributed by atoms with van der Waals surface area (Å²) in [6, 6.07) is 2.82. The Balaban J connectivity index is 2.37. The maximum atomic E-state index is 13.9. The summed E-state index contributed by atoms with van der Waals surface area (Å²) in [6.07, 6.45) is 2.21. The Morgan fingerprint density at radius 3 is 2.75 bits per heavy atom. The molecule has 0 amide bonds. The van der Waals surface area contributed by atoms with Crippen LogP contribution in [0.15, 0.2) is 18.2 Å². The van der Waals surface area contributed by atoms with Gasteiger partial charge in [0.25, 0.3) is 0 Å². The Hall–Kier alpha value is -1.49. The summed E-state index contributed by atoms with van der Waals surface area (Å²) < 4.78 is 27.2. The van der Waals surface area contributed by atoms with Gasteiger partial charge in [-0.05, 0) is 57.9 Å². The fourth-order valence-electron chi connectivity index (χ4n) is 3.00. The smallest absolute Gasteiger partial charge is 0.323 e. The second-order valence-corrected chi connectivity index (χ2v) is 5.57. The zero-order valence-electron chi connectivity index (χ0n) is 11.7. The highest BCUT2D eigenvalue weighted by Gasteiger charge is 2.44. The Bertz CT molecular complexity index is 521. The Morgan fingerprint density at radius 1 is 1.40 bits per heavy atom. The van der Waals surface area contributed by atoms with E-state index in [2.05, 4.69) is 0 Å². The fourth-order valence-corrected chi connectivity index (χ4v) is 3.00. The molecule has 0 saturated carbocycles. The van der Waals surface area contributed by atoms with Gasteiger partial charge in [0, 0.05) is 11.6 Å². The lowest BCUT2D eigenvalue weighted by Crippen LogP contribution is -2.55. The van der Waals surface area contributed by atoms with Gasteiger partial charge >= 0.3 is 5.97 Å². The zero-order valence-corrected chi connectivity index (χ0v) is 11.7. The summed E-state index contributed by atoms with van der Waals surface area (Å²) in [5, 5.41) is 9.48. The van der Waals surface area contributed by atoms with Gasteiger partial charge in [0.1, 0.15) is 17.2 Å². The lowest BCUT2D eigenvalue weighted by molar-refractivity contribution is -0.155. The van der Waals surface area contributed by atoms with Crippen molar-refractivity contribution in [2.24, 2.45) is 0 Å². The molecule has 1 aromatic carbocycles. The number of hydrogen-bond acceptors (Lipinski definition) is 2. The molecule has 1 aliphatic rings. The first-order valence-electron chi connectivity index (χ1n) is 6.81. The number of rotatable bonds is 3. The predicted molar refractivity (Wildman–Crippen MR) is 71.4 cm³/mol. The minimum absolute atomic E-state index is 0.208. The summed E-state index contributed by atoms with van der Waals surface area (Å²) in [5.74, 6) is -1.93. The minimum Gasteiger partial charge on any atom is -0.480 e. The zero-order chi connectivity index (χ0) is 14.9. The molecule has 1 heterocycles. The standard InChI is InChI=1S/C15H19F2NO2/c1-10(12-9-11(16)5-6-13(12)17)18-8-4-3-7-15(18,2)14(19)20/h5-6,9-10H,3-4,7-8H2,1-2H3,(H,19,20). The molecule has 1 saturated heterocycles. The lowest BCUT2D eigenvalue weighted by atomic mass is 9.86. The fraction of sp³-hybridized carbons (Fsp3) is 0.533. The number of carbonyl (C=O) groups is 1. The van der Waals surface area contributed by atoms with Gasteiger partial charge in [-0.3, -0.25) is 9.69 Å². The number of likely N-dealkylation sites (tertiary alicyclic amines) is 1. The first-order valence-corrected chi connectivity index (χ1v) is 6.81. The molecule has 2 atom stereocenters. The third-order valence-corrected chi connectivity index (χ3v) is 4.28. The van der Waals surface area contributed by atoms with E-state index in [9.17, 15) is 18.7 Å². The quantitative estimate of drug-likeness (QED) is 0.924. The van der Waals surface area contributed by atoms with Crippen LogP contribution >= 0.6 is 0 Å². The summed E-state index contributed by atoms with van der Waals surface area (Å²) >= 11 is 0. The topological polar surface area (TPSA) is 40.5 Å². The average Bonchev–Trinajstić information content (AvgIpc) is 2.41. The lowest BCUT2D eigenvalue weighted by Gasteiger charge is -2.45. The maximum absolute atomic E-state index is 13.9. The molecule has 0 spiro atoms. The van der Waals surface area contributed by atoms with Crippen LogP contribution in [0.1, 0.15) is 44.7 Å². The molecule has 2 rings (SSSR count). The molecule has 0 radical (unpaired) electrons. The molecule has 1 aromatic rings. The van der Waals surface area contributed by atoms with Crippen LogP contribution < -0.4 is 0 Å². The number of carboxylic acids is 1. The van der Waals surface area contributed by atoms with Crippen molar-refractivity contribution < 1.29 is 18.7 Å². The van der Waals surface area contributed by atoms with E-state index in [1.165, 1.54) is 0 Å². The molecule has 1 aliphatic heterocycles. The number of halogens is 2. The van der Waals surface area contributed by atoms with Gasteiger partial charge in [0.2, 0.25) is 0 Å². The predicted octanol–water partition coefficient (Wildman–Crippen LogP) is 3.36. The van der Waals surface area contributed by atoms with Crippen LogP contribution in [0.3, 0.4) is 0 Å². The third kappa shape index (κ3) is 2.54. The number of nitrogens with zero attached hydrogens (tertiary/aromatic N) is 1. The van der Waals surface area contributed by atoms with Crippen molar-refractivity contribution in [2.45, 2.75) is 44.7 Å². The van der Waals surface area contributed by atoms with E-state index in [1.807, 2.05) is 0 Å². The van der Waals surface area contributed by atoms with E-state index in [1.54, 1.807) is 18.7 Å². The van der Waals surface area contributed by atoms with Crippen molar-refractivity contribution in [3.63, 3.8) is 0 Å². The molecule has 0 aromatic heterocycles. The normalized spacial score (nSPS) is 25.4. The highest BCUT2D eigenvalue weighted by molar-refractivity contribution is 5.78.